The molecule has 2 atom stereocenters. The Kier molecular flexibility index (Phi) is 4.41. The van der Waals surface area contributed by atoms with Gasteiger partial charge in [0, 0.05) is 6.04 Å². The third-order valence-corrected chi connectivity index (χ3v) is 3.87. The van der Waals surface area contributed by atoms with E-state index in [1.54, 1.807) is 0 Å². The van der Waals surface area contributed by atoms with Gasteiger partial charge in [0.25, 0.3) is 0 Å². The molecule has 2 unspecified atom stereocenters. The highest BCUT2D eigenvalue weighted by molar-refractivity contribution is 5.15. The molecular formula is C15H23N. The summed E-state index contributed by atoms with van der Waals surface area (Å²) in [5.41, 5.74) is 1.50. The Morgan fingerprint density at radius 3 is 2.56 bits per heavy atom. The van der Waals surface area contributed by atoms with E-state index in [-0.39, 0.29) is 0 Å². The van der Waals surface area contributed by atoms with Gasteiger partial charge in [-0.15, -0.1) is 0 Å². The monoisotopic (exact) mass is 217 g/mol. The Hall–Kier alpha value is -0.820. The molecule has 1 aliphatic rings. The molecule has 0 aliphatic heterocycles. The van der Waals surface area contributed by atoms with Crippen LogP contribution in [0.5, 0.6) is 0 Å². The van der Waals surface area contributed by atoms with Crippen molar-refractivity contribution in [1.82, 2.24) is 5.32 Å². The van der Waals surface area contributed by atoms with Gasteiger partial charge in [-0.2, -0.15) is 0 Å². The van der Waals surface area contributed by atoms with Crippen molar-refractivity contribution in [3.05, 3.63) is 35.9 Å². The van der Waals surface area contributed by atoms with Gasteiger partial charge in [-0.1, -0.05) is 49.6 Å². The van der Waals surface area contributed by atoms with Gasteiger partial charge in [0.15, 0.2) is 0 Å². The molecule has 0 heterocycles. The van der Waals surface area contributed by atoms with Crippen molar-refractivity contribution in [2.24, 2.45) is 5.92 Å². The van der Waals surface area contributed by atoms with E-state index >= 15 is 0 Å². The molecule has 2 rings (SSSR count). The number of nitrogens with one attached hydrogen (secondary N) is 1. The first-order valence-electron chi connectivity index (χ1n) is 6.61. The van der Waals surface area contributed by atoms with Crippen LogP contribution in [0.3, 0.4) is 0 Å². The largest absolute Gasteiger partial charge is 0.317 e. The van der Waals surface area contributed by atoms with Crippen LogP contribution in [0.2, 0.25) is 0 Å². The summed E-state index contributed by atoms with van der Waals surface area (Å²) in [4.78, 5) is 0. The standard InChI is InChI=1S/C15H23N/c1-16-15-11-7-3-6-10-14(15)12-13-8-4-2-5-9-13/h2,4-5,8-9,14-16H,3,6-7,10-12H2,1H3. The van der Waals surface area contributed by atoms with Gasteiger partial charge < -0.3 is 5.32 Å². The number of hydrogen-bond acceptors (Lipinski definition) is 1. The Balaban J connectivity index is 2.00. The molecule has 88 valence electrons. The Labute approximate surface area is 99.3 Å². The average Bonchev–Trinajstić information content (AvgIpc) is 2.55. The maximum atomic E-state index is 3.51. The van der Waals surface area contributed by atoms with Crippen LogP contribution in [0.1, 0.15) is 37.7 Å². The lowest BCUT2D eigenvalue weighted by Gasteiger charge is -2.24. The smallest absolute Gasteiger partial charge is 0.00955 e. The molecule has 1 heteroatoms. The van der Waals surface area contributed by atoms with Crippen molar-refractivity contribution < 1.29 is 0 Å². The lowest BCUT2D eigenvalue weighted by Crippen LogP contribution is -2.33. The second kappa shape index (κ2) is 6.05. The molecule has 1 N–H and O–H groups in total. The van der Waals surface area contributed by atoms with Gasteiger partial charge in [0.1, 0.15) is 0 Å². The maximum absolute atomic E-state index is 3.51. The van der Waals surface area contributed by atoms with Crippen LogP contribution < -0.4 is 5.32 Å². The molecule has 1 fully saturated rings. The fraction of sp³-hybridized carbons (Fsp3) is 0.600. The van der Waals surface area contributed by atoms with Gasteiger partial charge in [-0.05, 0) is 37.8 Å². The Morgan fingerprint density at radius 2 is 1.81 bits per heavy atom. The van der Waals surface area contributed by atoms with Crippen molar-refractivity contribution in [3.8, 4) is 0 Å². The summed E-state index contributed by atoms with van der Waals surface area (Å²) in [7, 11) is 2.12. The van der Waals surface area contributed by atoms with E-state index < -0.39 is 0 Å². The summed E-state index contributed by atoms with van der Waals surface area (Å²) in [5.74, 6) is 0.829. The highest BCUT2D eigenvalue weighted by atomic mass is 14.9. The van der Waals surface area contributed by atoms with Gasteiger partial charge in [-0.25, -0.2) is 0 Å². The Bertz CT molecular complexity index is 294. The summed E-state index contributed by atoms with van der Waals surface area (Å²) in [5, 5.41) is 3.51. The predicted molar refractivity (Wildman–Crippen MR) is 69.6 cm³/mol. The van der Waals surface area contributed by atoms with Gasteiger partial charge >= 0.3 is 0 Å². The average molecular weight is 217 g/mol. The van der Waals surface area contributed by atoms with Crippen LogP contribution in [0.25, 0.3) is 0 Å². The van der Waals surface area contributed by atoms with Crippen LogP contribution in [0.4, 0.5) is 0 Å². The zero-order valence-corrected chi connectivity index (χ0v) is 10.3. The van der Waals surface area contributed by atoms with Crippen LogP contribution in [-0.4, -0.2) is 13.1 Å². The minimum atomic E-state index is 0.725. The first kappa shape index (κ1) is 11.7. The first-order chi connectivity index (χ1) is 7.90. The number of benzene rings is 1. The van der Waals surface area contributed by atoms with Gasteiger partial charge in [0.05, 0.1) is 0 Å². The maximum Gasteiger partial charge on any atom is 0.00955 e. The van der Waals surface area contributed by atoms with E-state index in [2.05, 4.69) is 42.7 Å². The second-order valence-corrected chi connectivity index (χ2v) is 4.98. The zero-order valence-electron chi connectivity index (χ0n) is 10.3. The molecule has 1 aromatic rings. The lowest BCUT2D eigenvalue weighted by molar-refractivity contribution is 0.350. The zero-order chi connectivity index (χ0) is 11.2. The predicted octanol–water partition coefficient (Wildman–Crippen LogP) is 3.40. The minimum Gasteiger partial charge on any atom is -0.317 e. The molecule has 0 radical (unpaired) electrons. The first-order valence-corrected chi connectivity index (χ1v) is 6.61. The fourth-order valence-electron chi connectivity index (χ4n) is 2.93. The summed E-state index contributed by atoms with van der Waals surface area (Å²) >= 11 is 0. The second-order valence-electron chi connectivity index (χ2n) is 4.98. The van der Waals surface area contributed by atoms with Crippen molar-refractivity contribution in [2.75, 3.05) is 7.05 Å². The van der Waals surface area contributed by atoms with E-state index in [0.717, 1.165) is 12.0 Å². The molecule has 0 saturated heterocycles. The third kappa shape index (κ3) is 3.08. The number of hydrogen-bond donors (Lipinski definition) is 1. The van der Waals surface area contributed by atoms with E-state index in [1.807, 2.05) is 0 Å². The number of rotatable bonds is 3. The van der Waals surface area contributed by atoms with Crippen molar-refractivity contribution >= 4 is 0 Å². The van der Waals surface area contributed by atoms with Gasteiger partial charge in [-0.3, -0.25) is 0 Å². The molecule has 1 aliphatic carbocycles. The molecule has 1 aromatic carbocycles. The van der Waals surface area contributed by atoms with Crippen LogP contribution in [-0.2, 0) is 6.42 Å². The molecule has 16 heavy (non-hydrogen) atoms. The highest BCUT2D eigenvalue weighted by Crippen LogP contribution is 2.26. The van der Waals surface area contributed by atoms with Crippen LogP contribution in [0, 0.1) is 5.92 Å². The van der Waals surface area contributed by atoms with Crippen LogP contribution >= 0.6 is 0 Å². The summed E-state index contributed by atoms with van der Waals surface area (Å²) in [6, 6.07) is 11.7. The summed E-state index contributed by atoms with van der Waals surface area (Å²) in [6.45, 7) is 0. The molecule has 1 nitrogen and oxygen atoms in total. The molecule has 1 saturated carbocycles. The molecule has 0 spiro atoms. The van der Waals surface area contributed by atoms with E-state index in [0.29, 0.717) is 0 Å². The van der Waals surface area contributed by atoms with Crippen molar-refractivity contribution in [2.45, 2.75) is 44.6 Å². The SMILES string of the molecule is CNC1CCCCCC1Cc1ccccc1. The van der Waals surface area contributed by atoms with Gasteiger partial charge in [0.2, 0.25) is 0 Å². The molecule has 0 bridgehead atoms. The molecule has 0 amide bonds. The topological polar surface area (TPSA) is 12.0 Å². The van der Waals surface area contributed by atoms with E-state index in [9.17, 15) is 0 Å². The van der Waals surface area contributed by atoms with Crippen molar-refractivity contribution in [1.29, 1.82) is 0 Å². The molecular weight excluding hydrogens is 194 g/mol. The van der Waals surface area contributed by atoms with Crippen LogP contribution in [0.15, 0.2) is 30.3 Å². The summed E-state index contributed by atoms with van der Waals surface area (Å²) < 4.78 is 0. The van der Waals surface area contributed by atoms with E-state index in [1.165, 1.54) is 44.1 Å². The molecule has 0 aromatic heterocycles. The Morgan fingerprint density at radius 1 is 1.06 bits per heavy atom. The lowest BCUT2D eigenvalue weighted by atomic mass is 9.88. The third-order valence-electron chi connectivity index (χ3n) is 3.87. The quantitative estimate of drug-likeness (QED) is 0.765. The fourth-order valence-corrected chi connectivity index (χ4v) is 2.93. The normalized spacial score (nSPS) is 26.3. The van der Waals surface area contributed by atoms with E-state index in [4.69, 9.17) is 0 Å². The highest BCUT2D eigenvalue weighted by Gasteiger charge is 2.22. The van der Waals surface area contributed by atoms with Crippen molar-refractivity contribution in [3.63, 3.8) is 0 Å². The minimum absolute atomic E-state index is 0.725. The summed E-state index contributed by atoms with van der Waals surface area (Å²) in [6.07, 6.45) is 8.22.